The number of ether oxygens (including phenoxy) is 6. The zero-order valence-corrected chi connectivity index (χ0v) is 20.3. The van der Waals surface area contributed by atoms with Gasteiger partial charge in [0.1, 0.15) is 24.2 Å². The lowest BCUT2D eigenvalue weighted by molar-refractivity contribution is -0.149. The van der Waals surface area contributed by atoms with Gasteiger partial charge in [-0.1, -0.05) is 24.3 Å². The van der Waals surface area contributed by atoms with E-state index in [1.54, 1.807) is 50.6 Å². The molecule has 0 N–H and O–H groups in total. The predicted octanol–water partition coefficient (Wildman–Crippen LogP) is 4.76. The molecule has 0 fully saturated rings. The molecule has 3 rings (SSSR count). The standard InChI is InChI=1S/C27H27NO7/c1-17-8-6-7-9-21(17)25(27(29)33-5)35-22-14-20(11-10-19(22)15-28)34-16-18-12-23(30-2)26(32-4)24(13-18)31-3/h6-14,25H,16H2,1-5H3. The molecular formula is C27H27NO7. The highest BCUT2D eigenvalue weighted by Gasteiger charge is 2.26. The van der Waals surface area contributed by atoms with Gasteiger partial charge in [-0.05, 0) is 42.3 Å². The van der Waals surface area contributed by atoms with Crippen LogP contribution in [0, 0.1) is 18.3 Å². The number of benzene rings is 3. The maximum atomic E-state index is 12.5. The van der Waals surface area contributed by atoms with Crippen molar-refractivity contribution in [1.82, 2.24) is 0 Å². The van der Waals surface area contributed by atoms with Crippen LogP contribution in [0.1, 0.15) is 28.4 Å². The number of nitrogens with zero attached hydrogens (tertiary/aromatic N) is 1. The van der Waals surface area contributed by atoms with E-state index >= 15 is 0 Å². The topological polar surface area (TPSA) is 96.2 Å². The summed E-state index contributed by atoms with van der Waals surface area (Å²) in [4.78, 5) is 12.5. The summed E-state index contributed by atoms with van der Waals surface area (Å²) in [5, 5.41) is 9.59. The van der Waals surface area contributed by atoms with E-state index in [4.69, 9.17) is 28.4 Å². The molecule has 0 radical (unpaired) electrons. The van der Waals surface area contributed by atoms with Crippen LogP contribution in [0.2, 0.25) is 0 Å². The Bertz CT molecular complexity index is 1210. The molecule has 1 unspecified atom stereocenters. The number of hydrogen-bond acceptors (Lipinski definition) is 8. The Kier molecular flexibility index (Phi) is 8.41. The molecule has 182 valence electrons. The molecule has 0 aliphatic carbocycles. The molecule has 8 heteroatoms. The molecule has 0 aliphatic rings. The molecule has 8 nitrogen and oxygen atoms in total. The predicted molar refractivity (Wildman–Crippen MR) is 128 cm³/mol. The highest BCUT2D eigenvalue weighted by Crippen LogP contribution is 2.38. The third kappa shape index (κ3) is 5.76. The van der Waals surface area contributed by atoms with Crippen LogP contribution in [-0.4, -0.2) is 34.4 Å². The van der Waals surface area contributed by atoms with E-state index in [0.717, 1.165) is 11.1 Å². The van der Waals surface area contributed by atoms with Crippen molar-refractivity contribution in [2.24, 2.45) is 0 Å². The van der Waals surface area contributed by atoms with Crippen molar-refractivity contribution >= 4 is 5.97 Å². The Labute approximate surface area is 204 Å². The molecular weight excluding hydrogens is 450 g/mol. The van der Waals surface area contributed by atoms with Gasteiger partial charge in [0.25, 0.3) is 0 Å². The van der Waals surface area contributed by atoms with Crippen LogP contribution < -0.4 is 23.7 Å². The Morgan fingerprint density at radius 3 is 2.17 bits per heavy atom. The lowest BCUT2D eigenvalue weighted by Gasteiger charge is -2.20. The Morgan fingerprint density at radius 2 is 1.60 bits per heavy atom. The fourth-order valence-corrected chi connectivity index (χ4v) is 3.52. The van der Waals surface area contributed by atoms with Crippen molar-refractivity contribution < 1.29 is 33.2 Å². The molecule has 3 aromatic rings. The van der Waals surface area contributed by atoms with Gasteiger partial charge in [-0.15, -0.1) is 0 Å². The second kappa shape index (κ2) is 11.7. The summed E-state index contributed by atoms with van der Waals surface area (Å²) >= 11 is 0. The number of carbonyl (C=O) groups is 1. The normalized spacial score (nSPS) is 11.1. The van der Waals surface area contributed by atoms with E-state index < -0.39 is 12.1 Å². The van der Waals surface area contributed by atoms with E-state index in [0.29, 0.717) is 28.6 Å². The zero-order valence-electron chi connectivity index (χ0n) is 20.3. The van der Waals surface area contributed by atoms with Gasteiger partial charge in [-0.3, -0.25) is 0 Å². The first-order valence-electron chi connectivity index (χ1n) is 10.7. The van der Waals surface area contributed by atoms with Crippen molar-refractivity contribution in [3.05, 3.63) is 76.9 Å². The van der Waals surface area contributed by atoms with Crippen LogP contribution in [0.15, 0.2) is 54.6 Å². The first-order chi connectivity index (χ1) is 16.9. The van der Waals surface area contributed by atoms with Crippen LogP contribution in [0.4, 0.5) is 0 Å². The molecule has 0 aliphatic heterocycles. The van der Waals surface area contributed by atoms with Gasteiger partial charge in [-0.2, -0.15) is 5.26 Å². The highest BCUT2D eigenvalue weighted by atomic mass is 16.6. The molecule has 1 atom stereocenters. The number of esters is 1. The quantitative estimate of drug-likeness (QED) is 0.386. The van der Waals surface area contributed by atoms with Crippen molar-refractivity contribution in [3.8, 4) is 34.8 Å². The summed E-state index contributed by atoms with van der Waals surface area (Å²) in [6.45, 7) is 2.05. The molecule has 0 saturated heterocycles. The lowest BCUT2D eigenvalue weighted by Crippen LogP contribution is -2.21. The van der Waals surface area contributed by atoms with Crippen LogP contribution in [0.5, 0.6) is 28.7 Å². The number of hydrogen-bond donors (Lipinski definition) is 0. The molecule has 0 bridgehead atoms. The summed E-state index contributed by atoms with van der Waals surface area (Å²) in [7, 11) is 5.91. The molecule has 0 heterocycles. The number of carbonyl (C=O) groups excluding carboxylic acids is 1. The third-order valence-electron chi connectivity index (χ3n) is 5.33. The first kappa shape index (κ1) is 25.2. The fraction of sp³-hybridized carbons (Fsp3) is 0.259. The molecule has 0 amide bonds. The molecule has 0 spiro atoms. The van der Waals surface area contributed by atoms with Gasteiger partial charge in [0, 0.05) is 11.6 Å². The SMILES string of the molecule is COC(=O)C(Oc1cc(OCc2cc(OC)c(OC)c(OC)c2)ccc1C#N)c1ccccc1C. The van der Waals surface area contributed by atoms with E-state index in [-0.39, 0.29) is 17.9 Å². The summed E-state index contributed by atoms with van der Waals surface area (Å²) in [6, 6.07) is 17.8. The minimum absolute atomic E-state index is 0.181. The van der Waals surface area contributed by atoms with Gasteiger partial charge < -0.3 is 28.4 Å². The third-order valence-corrected chi connectivity index (χ3v) is 5.33. The fourth-order valence-electron chi connectivity index (χ4n) is 3.52. The maximum Gasteiger partial charge on any atom is 0.351 e. The average Bonchev–Trinajstić information content (AvgIpc) is 2.89. The largest absolute Gasteiger partial charge is 0.493 e. The minimum Gasteiger partial charge on any atom is -0.493 e. The van der Waals surface area contributed by atoms with Crippen LogP contribution >= 0.6 is 0 Å². The van der Waals surface area contributed by atoms with Crippen LogP contribution in [0.25, 0.3) is 0 Å². The van der Waals surface area contributed by atoms with Gasteiger partial charge >= 0.3 is 5.97 Å². The van der Waals surface area contributed by atoms with Crippen LogP contribution in [0.3, 0.4) is 0 Å². The number of rotatable bonds is 10. The van der Waals surface area contributed by atoms with Crippen molar-refractivity contribution in [3.63, 3.8) is 0 Å². The number of nitriles is 1. The van der Waals surface area contributed by atoms with Gasteiger partial charge in [-0.25, -0.2) is 4.79 Å². The van der Waals surface area contributed by atoms with Gasteiger partial charge in [0.15, 0.2) is 11.5 Å². The Hall–Kier alpha value is -4.38. The molecule has 0 aromatic heterocycles. The summed E-state index contributed by atoms with van der Waals surface area (Å²) < 4.78 is 33.0. The van der Waals surface area contributed by atoms with E-state index in [1.807, 2.05) is 25.1 Å². The maximum absolute atomic E-state index is 12.5. The van der Waals surface area contributed by atoms with Gasteiger partial charge in [0.05, 0.1) is 34.0 Å². The first-order valence-corrected chi connectivity index (χ1v) is 10.7. The van der Waals surface area contributed by atoms with Gasteiger partial charge in [0.2, 0.25) is 11.9 Å². The molecule has 35 heavy (non-hydrogen) atoms. The zero-order chi connectivity index (χ0) is 25.4. The number of aryl methyl sites for hydroxylation is 1. The monoisotopic (exact) mass is 477 g/mol. The second-order valence-electron chi connectivity index (χ2n) is 7.47. The minimum atomic E-state index is -1.04. The molecule has 3 aromatic carbocycles. The number of methoxy groups -OCH3 is 4. The Morgan fingerprint density at radius 1 is 0.914 bits per heavy atom. The summed E-state index contributed by atoms with van der Waals surface area (Å²) in [6.07, 6.45) is -1.04. The van der Waals surface area contributed by atoms with E-state index in [9.17, 15) is 10.1 Å². The van der Waals surface area contributed by atoms with Crippen molar-refractivity contribution in [1.29, 1.82) is 5.26 Å². The van der Waals surface area contributed by atoms with Crippen molar-refractivity contribution in [2.45, 2.75) is 19.6 Å². The highest BCUT2D eigenvalue weighted by molar-refractivity contribution is 5.77. The summed E-state index contributed by atoms with van der Waals surface area (Å²) in [5.74, 6) is 1.57. The smallest absolute Gasteiger partial charge is 0.351 e. The van der Waals surface area contributed by atoms with Crippen molar-refractivity contribution in [2.75, 3.05) is 28.4 Å². The Balaban J connectivity index is 1.88. The van der Waals surface area contributed by atoms with E-state index in [1.165, 1.54) is 14.2 Å². The lowest BCUT2D eigenvalue weighted by atomic mass is 10.0. The molecule has 0 saturated carbocycles. The second-order valence-corrected chi connectivity index (χ2v) is 7.47. The average molecular weight is 478 g/mol. The van der Waals surface area contributed by atoms with E-state index in [2.05, 4.69) is 6.07 Å². The summed E-state index contributed by atoms with van der Waals surface area (Å²) in [5.41, 5.74) is 2.54. The van der Waals surface area contributed by atoms with Crippen LogP contribution in [-0.2, 0) is 16.1 Å².